The summed E-state index contributed by atoms with van der Waals surface area (Å²) in [7, 11) is 0. The van der Waals surface area contributed by atoms with E-state index < -0.39 is 22.2 Å². The van der Waals surface area contributed by atoms with Crippen LogP contribution in [-0.4, -0.2) is 45.0 Å². The SMILES string of the molecule is Cc1csc(NC(=O)[C@@H]2C[C@H](SC(=O)OCc3ccc([N+](=O)[O-])cc3)CN2)c1C(=O)O. The number of carboxylic acids is 1. The van der Waals surface area contributed by atoms with Crippen LogP contribution in [-0.2, 0) is 16.1 Å². The number of carbonyl (C=O) groups is 3. The molecule has 0 spiro atoms. The molecule has 0 aliphatic carbocycles. The van der Waals surface area contributed by atoms with Gasteiger partial charge in [-0.25, -0.2) is 9.59 Å². The molecule has 1 fully saturated rings. The lowest BCUT2D eigenvalue weighted by Gasteiger charge is -2.11. The lowest BCUT2D eigenvalue weighted by atomic mass is 10.2. The summed E-state index contributed by atoms with van der Waals surface area (Å²) in [6, 6.07) is 5.16. The molecule has 1 saturated heterocycles. The molecule has 0 saturated carbocycles. The van der Waals surface area contributed by atoms with Gasteiger partial charge in [-0.1, -0.05) is 0 Å². The van der Waals surface area contributed by atoms with Crippen molar-refractivity contribution in [3.63, 3.8) is 0 Å². The average Bonchev–Trinajstić information content (AvgIpc) is 3.33. The number of nitro benzene ring substituents is 1. The van der Waals surface area contributed by atoms with Gasteiger partial charge < -0.3 is 20.5 Å². The number of aryl methyl sites for hydroxylation is 1. The Bertz CT molecular complexity index is 1010. The van der Waals surface area contributed by atoms with Gasteiger partial charge in [-0.15, -0.1) is 11.3 Å². The molecule has 2 aromatic rings. The highest BCUT2D eigenvalue weighted by Crippen LogP contribution is 2.29. The van der Waals surface area contributed by atoms with E-state index in [-0.39, 0.29) is 34.0 Å². The summed E-state index contributed by atoms with van der Waals surface area (Å²) in [5, 5.41) is 26.9. The lowest BCUT2D eigenvalue weighted by Crippen LogP contribution is -2.35. The maximum Gasteiger partial charge on any atom is 0.367 e. The Hall–Kier alpha value is -2.96. The second-order valence-corrected chi connectivity index (χ2v) is 8.93. The number of amides is 1. The molecule has 0 bridgehead atoms. The fourth-order valence-corrected chi connectivity index (χ4v) is 4.83. The number of nitrogens with one attached hydrogen (secondary N) is 2. The number of aromatic carboxylic acids is 1. The first-order valence-corrected chi connectivity index (χ1v) is 10.9. The van der Waals surface area contributed by atoms with E-state index in [0.717, 1.165) is 23.1 Å². The van der Waals surface area contributed by atoms with Crippen LogP contribution in [0, 0.1) is 17.0 Å². The molecule has 3 rings (SSSR count). The van der Waals surface area contributed by atoms with Gasteiger partial charge in [0, 0.05) is 23.9 Å². The average molecular weight is 466 g/mol. The number of benzene rings is 1. The summed E-state index contributed by atoms with van der Waals surface area (Å²) in [6.07, 6.45) is 0.385. The predicted molar refractivity (Wildman–Crippen MR) is 116 cm³/mol. The van der Waals surface area contributed by atoms with Crippen molar-refractivity contribution in [3.05, 3.63) is 56.5 Å². The van der Waals surface area contributed by atoms with Crippen LogP contribution < -0.4 is 10.6 Å². The second kappa shape index (κ2) is 9.90. The second-order valence-electron chi connectivity index (χ2n) is 6.82. The van der Waals surface area contributed by atoms with Crippen molar-refractivity contribution in [1.29, 1.82) is 0 Å². The molecule has 1 aliphatic heterocycles. The Balaban J connectivity index is 1.46. The van der Waals surface area contributed by atoms with Gasteiger partial charge in [0.05, 0.1) is 16.5 Å². The van der Waals surface area contributed by atoms with Gasteiger partial charge in [0.15, 0.2) is 0 Å². The summed E-state index contributed by atoms with van der Waals surface area (Å²) < 4.78 is 5.19. The van der Waals surface area contributed by atoms with Crippen LogP contribution in [0.2, 0.25) is 0 Å². The number of thioether (sulfide) groups is 1. The molecular formula is C19H19N3O7S2. The van der Waals surface area contributed by atoms with E-state index in [1.54, 1.807) is 12.3 Å². The summed E-state index contributed by atoms with van der Waals surface area (Å²) in [5.41, 5.74) is 1.24. The Morgan fingerprint density at radius 2 is 2.06 bits per heavy atom. The summed E-state index contributed by atoms with van der Waals surface area (Å²) in [4.78, 5) is 46.1. The van der Waals surface area contributed by atoms with E-state index in [1.165, 1.54) is 24.3 Å². The number of hydrogen-bond donors (Lipinski definition) is 3. The molecule has 1 amide bonds. The van der Waals surface area contributed by atoms with Crippen molar-refractivity contribution in [1.82, 2.24) is 5.32 Å². The number of carboxylic acid groups (broad SMARTS) is 1. The number of rotatable bonds is 7. The van der Waals surface area contributed by atoms with Crippen LogP contribution in [0.1, 0.15) is 27.9 Å². The van der Waals surface area contributed by atoms with Crippen LogP contribution in [0.15, 0.2) is 29.6 Å². The van der Waals surface area contributed by atoms with Gasteiger partial charge in [0.2, 0.25) is 5.91 Å². The van der Waals surface area contributed by atoms with Crippen LogP contribution in [0.5, 0.6) is 0 Å². The van der Waals surface area contributed by atoms with Crippen molar-refractivity contribution >= 4 is 51.0 Å². The monoisotopic (exact) mass is 465 g/mol. The molecule has 2 atom stereocenters. The van der Waals surface area contributed by atoms with Crippen molar-refractivity contribution in [3.8, 4) is 0 Å². The van der Waals surface area contributed by atoms with Gasteiger partial charge in [-0.05, 0) is 53.7 Å². The number of carbonyl (C=O) groups excluding carboxylic acids is 2. The topological polar surface area (TPSA) is 148 Å². The van der Waals surface area contributed by atoms with Crippen LogP contribution in [0.4, 0.5) is 15.5 Å². The van der Waals surface area contributed by atoms with Crippen LogP contribution in [0.25, 0.3) is 0 Å². The molecule has 3 N–H and O–H groups in total. The molecule has 12 heteroatoms. The molecular weight excluding hydrogens is 446 g/mol. The van der Waals surface area contributed by atoms with Gasteiger partial charge in [-0.3, -0.25) is 14.9 Å². The molecule has 1 aromatic carbocycles. The number of nitro groups is 1. The van der Waals surface area contributed by atoms with Gasteiger partial charge in [0.1, 0.15) is 11.6 Å². The zero-order chi connectivity index (χ0) is 22.5. The maximum atomic E-state index is 12.5. The Kier molecular flexibility index (Phi) is 7.25. The zero-order valence-electron chi connectivity index (χ0n) is 16.3. The molecule has 0 radical (unpaired) electrons. The van der Waals surface area contributed by atoms with E-state index in [9.17, 15) is 29.6 Å². The first-order valence-electron chi connectivity index (χ1n) is 9.17. The van der Waals surface area contributed by atoms with E-state index >= 15 is 0 Å². The van der Waals surface area contributed by atoms with Crippen molar-refractivity contribution in [2.75, 3.05) is 11.9 Å². The van der Waals surface area contributed by atoms with E-state index in [4.69, 9.17) is 4.74 Å². The highest BCUT2D eigenvalue weighted by atomic mass is 32.2. The Morgan fingerprint density at radius 3 is 2.71 bits per heavy atom. The normalized spacial score (nSPS) is 17.8. The minimum Gasteiger partial charge on any atom is -0.478 e. The smallest absolute Gasteiger partial charge is 0.367 e. The first-order chi connectivity index (χ1) is 14.7. The Labute approximate surface area is 185 Å². The number of ether oxygens (including phenoxy) is 1. The standard InChI is InChI=1S/C19H19N3O7S2/c1-10-9-30-17(15(10)18(24)25)21-16(23)14-6-13(7-20-14)31-19(26)29-8-11-2-4-12(5-3-11)22(27)28/h2-5,9,13-14,20H,6-8H2,1H3,(H,21,23)(H,24,25)/t13-,14-/m0/s1. The molecule has 1 aliphatic rings. The third kappa shape index (κ3) is 5.81. The van der Waals surface area contributed by atoms with Gasteiger partial charge >= 0.3 is 11.3 Å². The largest absolute Gasteiger partial charge is 0.478 e. The van der Waals surface area contributed by atoms with Crippen molar-refractivity contribution in [2.24, 2.45) is 0 Å². The first kappa shape index (κ1) is 22.7. The van der Waals surface area contributed by atoms with E-state index in [0.29, 0.717) is 24.1 Å². The predicted octanol–water partition coefficient (Wildman–Crippen LogP) is 3.40. The number of anilines is 1. The third-order valence-electron chi connectivity index (χ3n) is 4.60. The highest BCUT2D eigenvalue weighted by molar-refractivity contribution is 8.13. The fourth-order valence-electron chi connectivity index (χ4n) is 3.02. The third-order valence-corrected chi connectivity index (χ3v) is 6.62. The van der Waals surface area contributed by atoms with Crippen molar-refractivity contribution < 1.29 is 29.2 Å². The highest BCUT2D eigenvalue weighted by Gasteiger charge is 2.32. The minimum atomic E-state index is -1.10. The fraction of sp³-hybridized carbons (Fsp3) is 0.316. The summed E-state index contributed by atoms with van der Waals surface area (Å²) >= 11 is 2.12. The van der Waals surface area contributed by atoms with Gasteiger partial charge in [0.25, 0.3) is 5.69 Å². The van der Waals surface area contributed by atoms with E-state index in [1.807, 2.05) is 0 Å². The van der Waals surface area contributed by atoms with Gasteiger partial charge in [-0.2, -0.15) is 0 Å². The Morgan fingerprint density at radius 1 is 1.35 bits per heavy atom. The molecule has 0 unspecified atom stereocenters. The minimum absolute atomic E-state index is 0.0103. The molecule has 2 heterocycles. The number of non-ortho nitro benzene ring substituents is 1. The molecule has 31 heavy (non-hydrogen) atoms. The van der Waals surface area contributed by atoms with E-state index in [2.05, 4.69) is 10.6 Å². The summed E-state index contributed by atoms with van der Waals surface area (Å²) in [6.45, 7) is 2.08. The van der Waals surface area contributed by atoms with Crippen LogP contribution >= 0.6 is 23.1 Å². The molecule has 164 valence electrons. The molecule has 10 nitrogen and oxygen atoms in total. The number of hydrogen-bond acceptors (Lipinski definition) is 9. The maximum absolute atomic E-state index is 12.5. The number of thiophene rings is 1. The van der Waals surface area contributed by atoms with Crippen LogP contribution in [0.3, 0.4) is 0 Å². The lowest BCUT2D eigenvalue weighted by molar-refractivity contribution is -0.384. The zero-order valence-corrected chi connectivity index (χ0v) is 18.0. The molecule has 1 aromatic heterocycles. The summed E-state index contributed by atoms with van der Waals surface area (Å²) in [5.74, 6) is -1.45. The van der Waals surface area contributed by atoms with Crippen molar-refractivity contribution in [2.45, 2.75) is 31.2 Å². The quantitative estimate of drug-likeness (QED) is 0.318. The number of nitrogens with zero attached hydrogens (tertiary/aromatic N) is 1.